The average molecular weight is 940 g/mol. The van der Waals surface area contributed by atoms with E-state index in [1.807, 2.05) is 132 Å². The minimum absolute atomic E-state index is 0. The number of benzene rings is 4. The van der Waals surface area contributed by atoms with Gasteiger partial charge in [0.05, 0.1) is 12.4 Å². The molecule has 0 bridgehead atoms. The Kier molecular flexibility index (Phi) is 31.6. The molecule has 68 heavy (non-hydrogen) atoms. The summed E-state index contributed by atoms with van der Waals surface area (Å²) >= 11 is 0. The van der Waals surface area contributed by atoms with Crippen molar-refractivity contribution >= 4 is 44.3 Å². The van der Waals surface area contributed by atoms with Gasteiger partial charge in [-0.25, -0.2) is 19.4 Å². The number of aryl methyl sites for hydroxylation is 2. The number of aromatic nitrogens is 4. The van der Waals surface area contributed by atoms with Crippen LogP contribution >= 0.6 is 0 Å². The largest absolute Gasteiger partial charge is 1.00 e. The molecule has 0 aliphatic heterocycles. The van der Waals surface area contributed by atoms with E-state index in [2.05, 4.69) is 59.9 Å². The van der Waals surface area contributed by atoms with Crippen molar-refractivity contribution in [2.45, 2.75) is 59.3 Å². The number of hydrogen-bond acceptors (Lipinski definition) is 14. The number of carbonyl (C=O) groups is 6. The van der Waals surface area contributed by atoms with Gasteiger partial charge in [-0.05, 0) is 80.0 Å². The van der Waals surface area contributed by atoms with Gasteiger partial charge in [0, 0.05) is 93.8 Å². The Balaban J connectivity index is 0.000000984. The zero-order chi connectivity index (χ0) is 50.3. The van der Waals surface area contributed by atoms with Crippen molar-refractivity contribution in [3.8, 4) is 22.3 Å². The summed E-state index contributed by atoms with van der Waals surface area (Å²) in [6.07, 6.45) is 8.23. The molecule has 2 aromatic heterocycles. The van der Waals surface area contributed by atoms with Gasteiger partial charge in [-0.2, -0.15) is 10.2 Å². The van der Waals surface area contributed by atoms with Gasteiger partial charge in [0.15, 0.2) is 11.6 Å². The maximum absolute atomic E-state index is 12.9. The van der Waals surface area contributed by atoms with Crippen LogP contribution in [0.3, 0.4) is 0 Å². The van der Waals surface area contributed by atoms with Gasteiger partial charge in [0.1, 0.15) is 6.79 Å². The first kappa shape index (κ1) is 61.7. The van der Waals surface area contributed by atoms with E-state index in [0.29, 0.717) is 19.4 Å². The predicted molar refractivity (Wildman–Crippen MR) is 258 cm³/mol. The van der Waals surface area contributed by atoms with Crippen LogP contribution in [-0.2, 0) is 33.6 Å². The van der Waals surface area contributed by atoms with Crippen molar-refractivity contribution in [3.63, 3.8) is 0 Å². The Morgan fingerprint density at radius 1 is 0.662 bits per heavy atom. The Morgan fingerprint density at radius 3 is 1.32 bits per heavy atom. The fraction of sp³-hybridized carbons (Fsp3) is 0.280. The van der Waals surface area contributed by atoms with E-state index in [4.69, 9.17) is 15.6 Å². The maximum Gasteiger partial charge on any atom is 1.00 e. The molecule has 0 unspecified atom stereocenters. The Morgan fingerprint density at radius 2 is 1.03 bits per heavy atom. The van der Waals surface area contributed by atoms with Crippen LogP contribution in [0, 0.1) is 13.8 Å². The molecule has 3 radical (unpaired) electrons. The number of aliphatic hydroxyl groups excluding tert-OH is 1. The van der Waals surface area contributed by atoms with Crippen molar-refractivity contribution in [3.05, 3.63) is 155 Å². The molecule has 0 aliphatic rings. The standard InChI is InChI=1S/C22H25N3O.C20H21N3O.C4H6O4.C2H3BO2.CH4O.CH2O.Na/c1-16-11-18(9-10-21(16)20-13-23-24-14-20)22(26)12-19(15-25(2)3)17-7-5-4-6-8-17;1-14-9-16(7-8-19(14)18-12-22-23-13-18)20(24)10-17(11-21)15-5-3-2-4-6-15;1-3(5)7-8-4(2)6;1-2(4)5-3;2*1-2;/h4-11,13-14,19H,12,15H2,1-3H3,(H,23,24);2-9,12-13,17H,10-11,21H2,1H3,(H,22,23);1-2H3;1H3;2H,1H3;1H2;/q;;;-1;;;+1/t19-;17-;;;;;/m11...../s1. The van der Waals surface area contributed by atoms with Gasteiger partial charge in [-0.15, -0.1) is 0 Å². The first-order valence-electron chi connectivity index (χ1n) is 20.8. The smallest absolute Gasteiger partial charge is 0.793 e. The fourth-order valence-electron chi connectivity index (χ4n) is 6.44. The van der Waals surface area contributed by atoms with E-state index in [1.165, 1.54) is 12.5 Å². The van der Waals surface area contributed by atoms with E-state index in [1.54, 1.807) is 12.4 Å². The van der Waals surface area contributed by atoms with Gasteiger partial charge in [-0.3, -0.25) is 24.6 Å². The minimum Gasteiger partial charge on any atom is -0.793 e. The molecule has 4 aromatic carbocycles. The number of nitrogens with zero attached hydrogens (tertiary/aromatic N) is 3. The molecule has 0 saturated carbocycles. The molecule has 5 N–H and O–H groups in total. The third-order valence-electron chi connectivity index (χ3n) is 9.43. The van der Waals surface area contributed by atoms with Crippen LogP contribution in [0.25, 0.3) is 22.3 Å². The summed E-state index contributed by atoms with van der Waals surface area (Å²) in [5, 5.41) is 20.6. The summed E-state index contributed by atoms with van der Waals surface area (Å²) in [5.41, 5.74) is 16.1. The molecule has 6 rings (SSSR count). The molecule has 0 fully saturated rings. The average Bonchev–Trinajstić information content (AvgIpc) is 4.08. The number of nitrogens with two attached hydrogens (primary N) is 1. The van der Waals surface area contributed by atoms with Crippen LogP contribution in [0.15, 0.2) is 122 Å². The van der Waals surface area contributed by atoms with E-state index in [-0.39, 0.29) is 53.0 Å². The summed E-state index contributed by atoms with van der Waals surface area (Å²) < 4.78 is 3.61. The van der Waals surface area contributed by atoms with Gasteiger partial charge in [0.2, 0.25) is 5.97 Å². The van der Waals surface area contributed by atoms with Crippen molar-refractivity contribution in [2.75, 3.05) is 34.3 Å². The molecule has 0 spiro atoms. The number of ketones is 2. The summed E-state index contributed by atoms with van der Waals surface area (Å²) in [7, 11) is 9.41. The van der Waals surface area contributed by atoms with E-state index in [9.17, 15) is 24.0 Å². The monoisotopic (exact) mass is 939 g/mol. The number of hydrogen-bond donors (Lipinski definition) is 4. The first-order chi connectivity index (χ1) is 32.1. The van der Waals surface area contributed by atoms with E-state index >= 15 is 0 Å². The summed E-state index contributed by atoms with van der Waals surface area (Å²) in [6.45, 7) is 10.9. The summed E-state index contributed by atoms with van der Waals surface area (Å²) in [5.74, 6) is -1.20. The molecular formula is C50H61BN6NaO10. The Bertz CT molecular complexity index is 2360. The number of aromatic amines is 2. The number of carbonyl (C=O) groups excluding carboxylic acids is 6. The Labute approximate surface area is 422 Å². The van der Waals surface area contributed by atoms with Crippen molar-refractivity contribution in [2.24, 2.45) is 5.73 Å². The van der Waals surface area contributed by atoms with E-state index < -0.39 is 17.9 Å². The van der Waals surface area contributed by atoms with E-state index in [0.717, 1.165) is 77.6 Å². The number of nitrogens with one attached hydrogen (secondary N) is 2. The van der Waals surface area contributed by atoms with Crippen LogP contribution < -0.4 is 35.3 Å². The zero-order valence-electron chi connectivity index (χ0n) is 40.4. The number of likely N-dealkylation sites (N-methyl/N-ethyl adjacent to an activating group) is 1. The summed E-state index contributed by atoms with van der Waals surface area (Å²) in [6, 6.07) is 32.0. The van der Waals surface area contributed by atoms with Crippen LogP contribution in [-0.4, -0.2) is 109 Å². The fourth-order valence-corrected chi connectivity index (χ4v) is 6.44. The second kappa shape index (κ2) is 34.9. The topological polar surface area (TPSA) is 237 Å². The quantitative estimate of drug-likeness (QED) is 0.0553. The second-order valence-electron chi connectivity index (χ2n) is 14.8. The number of H-pyrrole nitrogens is 2. The molecule has 16 nitrogen and oxygen atoms in total. The second-order valence-corrected chi connectivity index (χ2v) is 14.8. The molecule has 18 heteroatoms. The number of Topliss-reactive ketones (excluding diaryl/α,β-unsaturated/α-hetero) is 2. The number of aliphatic hydroxyl groups is 1. The molecule has 0 amide bonds. The summed E-state index contributed by atoms with van der Waals surface area (Å²) in [4.78, 5) is 72.5. The van der Waals surface area contributed by atoms with Crippen LogP contribution in [0.5, 0.6) is 0 Å². The van der Waals surface area contributed by atoms with Gasteiger partial charge < -0.3 is 33.2 Å². The van der Waals surface area contributed by atoms with Crippen molar-refractivity contribution in [1.82, 2.24) is 25.3 Å². The van der Waals surface area contributed by atoms with Gasteiger partial charge in [-0.1, -0.05) is 84.9 Å². The SMILES string of the molecule is C=O.CC(=O)OOC(C)=O.CO.Cc1cc(C(=O)C[C@H](CN(C)C)c2ccccc2)ccc1-c1cn[nH]c1.Cc1cc(C(=O)C[C@H](CN)c2ccccc2)ccc1-c1cn[nH]c1.[B-]OC(C)=O.[Na+]. The molecule has 6 aromatic rings. The Hall–Kier alpha value is -6.34. The molecular weight excluding hydrogens is 878 g/mol. The minimum atomic E-state index is -0.639. The van der Waals surface area contributed by atoms with Crippen LogP contribution in [0.1, 0.15) is 88.4 Å². The van der Waals surface area contributed by atoms with Gasteiger partial charge in [0.25, 0.3) is 0 Å². The third kappa shape index (κ3) is 22.9. The molecule has 355 valence electrons. The van der Waals surface area contributed by atoms with Crippen molar-refractivity contribution < 1.29 is 77.9 Å². The van der Waals surface area contributed by atoms with Gasteiger partial charge >= 0.3 is 41.5 Å². The number of rotatable bonds is 13. The van der Waals surface area contributed by atoms with Crippen LogP contribution in [0.2, 0.25) is 0 Å². The first-order valence-corrected chi connectivity index (χ1v) is 20.8. The maximum atomic E-state index is 12.9. The molecule has 2 heterocycles. The van der Waals surface area contributed by atoms with Crippen molar-refractivity contribution in [1.29, 1.82) is 0 Å². The molecule has 0 aliphatic carbocycles. The third-order valence-corrected chi connectivity index (χ3v) is 9.43. The molecule has 2 atom stereocenters. The normalized spacial score (nSPS) is 10.5. The predicted octanol–water partition coefficient (Wildman–Crippen LogP) is 4.09. The van der Waals surface area contributed by atoms with Crippen LogP contribution in [0.4, 0.5) is 0 Å². The molecule has 0 saturated heterocycles. The zero-order valence-corrected chi connectivity index (χ0v) is 42.4.